The number of hydrogen-bond donors (Lipinski definition) is 2. The van der Waals surface area contributed by atoms with Gasteiger partial charge >= 0.3 is 0 Å². The molecule has 0 spiro atoms. The van der Waals surface area contributed by atoms with Gasteiger partial charge in [-0.1, -0.05) is 12.1 Å². The smallest absolute Gasteiger partial charge is 0.224 e. The molecule has 0 heterocycles. The van der Waals surface area contributed by atoms with Gasteiger partial charge < -0.3 is 15.4 Å². The molecule has 4 fully saturated rings. The summed E-state index contributed by atoms with van der Waals surface area (Å²) in [6, 6.07) is 7.60. The predicted molar refractivity (Wildman–Crippen MR) is 113 cm³/mol. The first-order valence-corrected chi connectivity index (χ1v) is 11.3. The van der Waals surface area contributed by atoms with Gasteiger partial charge in [0.15, 0.2) is 0 Å². The van der Waals surface area contributed by atoms with E-state index in [1.165, 1.54) is 38.5 Å². The van der Waals surface area contributed by atoms with Crippen molar-refractivity contribution in [2.75, 3.05) is 19.7 Å². The molecule has 5 rings (SSSR count). The lowest BCUT2D eigenvalue weighted by Crippen LogP contribution is -2.48. The fourth-order valence-electron chi connectivity index (χ4n) is 6.43. The van der Waals surface area contributed by atoms with Crippen molar-refractivity contribution >= 4 is 11.8 Å². The van der Waals surface area contributed by atoms with Crippen LogP contribution in [0.1, 0.15) is 57.4 Å². The normalized spacial score (nSPS) is 29.5. The van der Waals surface area contributed by atoms with Crippen molar-refractivity contribution < 1.29 is 14.3 Å². The molecule has 4 saturated carbocycles. The maximum absolute atomic E-state index is 12.5. The molecular formula is C24H34N2O3. The van der Waals surface area contributed by atoms with Gasteiger partial charge in [-0.2, -0.15) is 0 Å². The Kier molecular flexibility index (Phi) is 6.12. The van der Waals surface area contributed by atoms with E-state index in [4.69, 9.17) is 4.74 Å². The summed E-state index contributed by atoms with van der Waals surface area (Å²) in [5.41, 5.74) is 1.23. The molecule has 158 valence electrons. The van der Waals surface area contributed by atoms with Crippen molar-refractivity contribution in [3.05, 3.63) is 29.8 Å². The topological polar surface area (TPSA) is 67.4 Å². The lowest BCUT2D eigenvalue weighted by atomic mass is 9.49. The molecule has 1 aromatic carbocycles. The summed E-state index contributed by atoms with van der Waals surface area (Å²) < 4.78 is 5.41. The quantitative estimate of drug-likeness (QED) is 0.626. The molecular weight excluding hydrogens is 364 g/mol. The highest BCUT2D eigenvalue weighted by molar-refractivity contribution is 5.79. The van der Waals surface area contributed by atoms with Crippen LogP contribution in [0.25, 0.3) is 0 Å². The van der Waals surface area contributed by atoms with Crippen molar-refractivity contribution in [2.24, 2.45) is 23.2 Å². The Bertz CT molecular complexity index is 693. The molecule has 4 bridgehead atoms. The summed E-state index contributed by atoms with van der Waals surface area (Å²) in [7, 11) is 0. The van der Waals surface area contributed by atoms with Gasteiger partial charge in [0.05, 0.1) is 13.0 Å². The van der Waals surface area contributed by atoms with Crippen LogP contribution in [-0.2, 0) is 16.0 Å². The second kappa shape index (κ2) is 8.76. The summed E-state index contributed by atoms with van der Waals surface area (Å²) in [4.78, 5) is 24.6. The van der Waals surface area contributed by atoms with Crippen molar-refractivity contribution in [2.45, 2.75) is 58.3 Å². The van der Waals surface area contributed by atoms with Gasteiger partial charge in [0.25, 0.3) is 0 Å². The van der Waals surface area contributed by atoms with Crippen LogP contribution in [0, 0.1) is 23.2 Å². The molecule has 0 aromatic heterocycles. The average molecular weight is 399 g/mol. The summed E-state index contributed by atoms with van der Waals surface area (Å²) in [5.74, 6) is 3.57. The minimum absolute atomic E-state index is 0.0236. The van der Waals surface area contributed by atoms with Gasteiger partial charge in [0.1, 0.15) is 5.75 Å². The van der Waals surface area contributed by atoms with Crippen molar-refractivity contribution in [1.29, 1.82) is 0 Å². The molecule has 0 saturated heterocycles. The molecule has 2 amide bonds. The SMILES string of the molecule is CCOc1ccc(CC(=O)NCCNC(=O)CC23CC4CC(CC(C4)C2)C3)cc1. The third-order valence-electron chi connectivity index (χ3n) is 7.07. The molecule has 0 aliphatic heterocycles. The number of rotatable bonds is 9. The highest BCUT2D eigenvalue weighted by Crippen LogP contribution is 2.61. The molecule has 29 heavy (non-hydrogen) atoms. The Morgan fingerprint density at radius 3 is 2.03 bits per heavy atom. The van der Waals surface area contributed by atoms with E-state index in [-0.39, 0.29) is 17.2 Å². The first-order chi connectivity index (χ1) is 14.0. The number of carbonyl (C=O) groups is 2. The predicted octanol–water partition coefficient (Wildman–Crippen LogP) is 3.47. The number of hydrogen-bond acceptors (Lipinski definition) is 3. The van der Waals surface area contributed by atoms with Crippen LogP contribution in [0.15, 0.2) is 24.3 Å². The monoisotopic (exact) mass is 398 g/mol. The minimum atomic E-state index is -0.0236. The zero-order valence-electron chi connectivity index (χ0n) is 17.5. The highest BCUT2D eigenvalue weighted by Gasteiger charge is 2.51. The van der Waals surface area contributed by atoms with E-state index in [1.54, 1.807) is 0 Å². The van der Waals surface area contributed by atoms with Gasteiger partial charge in [-0.25, -0.2) is 0 Å². The Morgan fingerprint density at radius 2 is 1.48 bits per heavy atom. The highest BCUT2D eigenvalue weighted by atomic mass is 16.5. The van der Waals surface area contributed by atoms with Gasteiger partial charge in [-0.05, 0) is 86.3 Å². The average Bonchev–Trinajstić information content (AvgIpc) is 2.65. The van der Waals surface area contributed by atoms with E-state index in [9.17, 15) is 9.59 Å². The Balaban J connectivity index is 1.14. The molecule has 4 aliphatic rings. The number of carbonyl (C=O) groups excluding carboxylic acids is 2. The van der Waals surface area contributed by atoms with Crippen molar-refractivity contribution in [1.82, 2.24) is 10.6 Å². The fourth-order valence-corrected chi connectivity index (χ4v) is 6.43. The minimum Gasteiger partial charge on any atom is -0.494 e. The second-order valence-corrected chi connectivity index (χ2v) is 9.55. The second-order valence-electron chi connectivity index (χ2n) is 9.55. The van der Waals surface area contributed by atoms with Gasteiger partial charge in [0.2, 0.25) is 11.8 Å². The van der Waals surface area contributed by atoms with E-state index < -0.39 is 0 Å². The summed E-state index contributed by atoms with van der Waals surface area (Å²) in [6.07, 6.45) is 9.00. The molecule has 1 aromatic rings. The van der Waals surface area contributed by atoms with Crippen LogP contribution >= 0.6 is 0 Å². The first kappa shape index (κ1) is 20.2. The van der Waals surface area contributed by atoms with Crippen molar-refractivity contribution in [3.8, 4) is 5.75 Å². The van der Waals surface area contributed by atoms with E-state index in [0.717, 1.165) is 29.1 Å². The lowest BCUT2D eigenvalue weighted by Gasteiger charge is -2.56. The van der Waals surface area contributed by atoms with Gasteiger partial charge in [0, 0.05) is 19.5 Å². The molecule has 0 radical (unpaired) electrons. The van der Waals surface area contributed by atoms with Gasteiger partial charge in [-0.15, -0.1) is 0 Å². The summed E-state index contributed by atoms with van der Waals surface area (Å²) in [5, 5.41) is 5.93. The van der Waals surface area contributed by atoms with Crippen LogP contribution in [0.5, 0.6) is 5.75 Å². The number of benzene rings is 1. The molecule has 0 unspecified atom stereocenters. The van der Waals surface area contributed by atoms with Crippen LogP contribution < -0.4 is 15.4 Å². The van der Waals surface area contributed by atoms with Crippen LogP contribution in [0.2, 0.25) is 0 Å². The maximum atomic E-state index is 12.5. The van der Waals surface area contributed by atoms with E-state index in [1.807, 2.05) is 31.2 Å². The molecule has 5 heteroatoms. The zero-order valence-corrected chi connectivity index (χ0v) is 17.5. The summed E-state index contributed by atoms with van der Waals surface area (Å²) in [6.45, 7) is 3.56. The number of ether oxygens (including phenoxy) is 1. The number of amides is 2. The maximum Gasteiger partial charge on any atom is 0.224 e. The van der Waals surface area contributed by atoms with Crippen LogP contribution in [-0.4, -0.2) is 31.5 Å². The first-order valence-electron chi connectivity index (χ1n) is 11.3. The molecule has 2 N–H and O–H groups in total. The third kappa shape index (κ3) is 5.12. The van der Waals surface area contributed by atoms with Crippen LogP contribution in [0.4, 0.5) is 0 Å². The molecule has 4 aliphatic carbocycles. The summed E-state index contributed by atoms with van der Waals surface area (Å²) >= 11 is 0. The van der Waals surface area contributed by atoms with E-state index >= 15 is 0 Å². The molecule has 5 nitrogen and oxygen atoms in total. The van der Waals surface area contributed by atoms with Crippen molar-refractivity contribution in [3.63, 3.8) is 0 Å². The zero-order chi connectivity index (χ0) is 20.3. The Morgan fingerprint density at radius 1 is 0.931 bits per heavy atom. The fraction of sp³-hybridized carbons (Fsp3) is 0.667. The van der Waals surface area contributed by atoms with Gasteiger partial charge in [-0.3, -0.25) is 9.59 Å². The van der Waals surface area contributed by atoms with E-state index in [0.29, 0.717) is 32.5 Å². The largest absolute Gasteiger partial charge is 0.494 e. The number of nitrogens with one attached hydrogen (secondary N) is 2. The standard InChI is InChI=1S/C24H34N2O3/c1-2-29-21-5-3-17(4-6-21)12-22(27)25-7-8-26-23(28)16-24-13-18-9-19(14-24)11-20(10-18)15-24/h3-6,18-20H,2,7-16H2,1H3,(H,25,27)(H,26,28). The Labute approximate surface area is 174 Å². The van der Waals surface area contributed by atoms with Crippen LogP contribution in [0.3, 0.4) is 0 Å². The lowest BCUT2D eigenvalue weighted by molar-refractivity contribution is -0.129. The molecule has 0 atom stereocenters. The third-order valence-corrected chi connectivity index (χ3v) is 7.07. The Hall–Kier alpha value is -2.04. The van der Waals surface area contributed by atoms with E-state index in [2.05, 4.69) is 10.6 Å².